The van der Waals surface area contributed by atoms with E-state index >= 15 is 0 Å². The normalized spacial score (nSPS) is 11.3. The van der Waals surface area contributed by atoms with Gasteiger partial charge in [-0.15, -0.1) is 0 Å². The molecule has 0 aliphatic heterocycles. The number of ether oxygens (including phenoxy) is 2. The molecule has 1 aromatic rings. The Morgan fingerprint density at radius 1 is 1.15 bits per heavy atom. The number of nitrogens with one attached hydrogen (secondary N) is 1. The van der Waals surface area contributed by atoms with Crippen LogP contribution in [-0.2, 0) is 11.3 Å². The molecule has 0 saturated carbocycles. The van der Waals surface area contributed by atoms with Crippen molar-refractivity contribution in [1.82, 2.24) is 5.32 Å². The fourth-order valence-corrected chi connectivity index (χ4v) is 1.94. The van der Waals surface area contributed by atoms with Crippen LogP contribution in [0.3, 0.4) is 0 Å². The summed E-state index contributed by atoms with van der Waals surface area (Å²) < 4.78 is 11.3. The van der Waals surface area contributed by atoms with Crippen LogP contribution in [0.25, 0.3) is 0 Å². The molecule has 1 rings (SSSR count). The van der Waals surface area contributed by atoms with Crippen LogP contribution >= 0.6 is 11.6 Å². The van der Waals surface area contributed by atoms with E-state index in [-0.39, 0.29) is 0 Å². The minimum Gasteiger partial charge on any atom is -0.489 e. The molecule has 0 saturated heterocycles. The maximum Gasteiger partial charge on any atom is 0.142 e. The number of para-hydroxylation sites is 1. The molecule has 0 unspecified atom stereocenters. The molecule has 0 fully saturated rings. The molecule has 20 heavy (non-hydrogen) atoms. The molecule has 1 aromatic carbocycles. The van der Waals surface area contributed by atoms with Crippen molar-refractivity contribution < 1.29 is 9.47 Å². The summed E-state index contributed by atoms with van der Waals surface area (Å²) in [6.07, 6.45) is 0. The molecular formula is C16H26ClNO2. The van der Waals surface area contributed by atoms with E-state index in [4.69, 9.17) is 21.1 Å². The van der Waals surface area contributed by atoms with Crippen LogP contribution in [-0.4, -0.2) is 25.9 Å². The molecule has 0 aliphatic carbocycles. The molecule has 1 N–H and O–H groups in total. The number of rotatable bonds is 9. The quantitative estimate of drug-likeness (QED) is 0.702. The first-order valence-electron chi connectivity index (χ1n) is 7.22. The van der Waals surface area contributed by atoms with Crippen molar-refractivity contribution in [3.05, 3.63) is 28.8 Å². The SMILES string of the molecule is CC(C)COCCOc1c(Cl)cccc1CNC(C)C. The maximum atomic E-state index is 6.21. The fourth-order valence-electron chi connectivity index (χ4n) is 1.69. The van der Waals surface area contributed by atoms with Gasteiger partial charge in [0.2, 0.25) is 0 Å². The first-order valence-corrected chi connectivity index (χ1v) is 7.59. The number of benzene rings is 1. The third-order valence-electron chi connectivity index (χ3n) is 2.67. The van der Waals surface area contributed by atoms with Gasteiger partial charge in [-0.05, 0) is 12.0 Å². The maximum absolute atomic E-state index is 6.21. The van der Waals surface area contributed by atoms with E-state index in [2.05, 4.69) is 33.0 Å². The van der Waals surface area contributed by atoms with Gasteiger partial charge in [0.1, 0.15) is 12.4 Å². The minimum absolute atomic E-state index is 0.427. The zero-order valence-electron chi connectivity index (χ0n) is 12.9. The molecule has 0 atom stereocenters. The van der Waals surface area contributed by atoms with Crippen LogP contribution < -0.4 is 10.1 Å². The zero-order valence-corrected chi connectivity index (χ0v) is 13.7. The van der Waals surface area contributed by atoms with Crippen molar-refractivity contribution in [3.63, 3.8) is 0 Å². The topological polar surface area (TPSA) is 30.5 Å². The first-order chi connectivity index (χ1) is 9.50. The number of hydrogen-bond acceptors (Lipinski definition) is 3. The van der Waals surface area contributed by atoms with Gasteiger partial charge in [0.25, 0.3) is 0 Å². The highest BCUT2D eigenvalue weighted by Crippen LogP contribution is 2.28. The van der Waals surface area contributed by atoms with E-state index in [9.17, 15) is 0 Å². The van der Waals surface area contributed by atoms with Crippen molar-refractivity contribution in [2.24, 2.45) is 5.92 Å². The Kier molecular flexibility index (Phi) is 7.97. The van der Waals surface area contributed by atoms with Gasteiger partial charge in [0.05, 0.1) is 11.6 Å². The van der Waals surface area contributed by atoms with Gasteiger partial charge in [-0.1, -0.05) is 51.4 Å². The second-order valence-corrected chi connectivity index (χ2v) is 5.99. The highest BCUT2D eigenvalue weighted by Gasteiger charge is 2.09. The summed E-state index contributed by atoms with van der Waals surface area (Å²) in [6, 6.07) is 6.26. The summed E-state index contributed by atoms with van der Waals surface area (Å²) in [5.41, 5.74) is 1.08. The van der Waals surface area contributed by atoms with Gasteiger partial charge in [0.15, 0.2) is 0 Å². The van der Waals surface area contributed by atoms with Crippen LogP contribution in [0.5, 0.6) is 5.75 Å². The van der Waals surface area contributed by atoms with E-state index in [1.807, 2.05) is 18.2 Å². The van der Waals surface area contributed by atoms with Crippen LogP contribution in [0.1, 0.15) is 33.3 Å². The highest BCUT2D eigenvalue weighted by atomic mass is 35.5. The lowest BCUT2D eigenvalue weighted by Gasteiger charge is -2.15. The smallest absolute Gasteiger partial charge is 0.142 e. The van der Waals surface area contributed by atoms with Crippen molar-refractivity contribution in [1.29, 1.82) is 0 Å². The molecular weight excluding hydrogens is 274 g/mol. The lowest BCUT2D eigenvalue weighted by Crippen LogP contribution is -2.22. The minimum atomic E-state index is 0.427. The Morgan fingerprint density at radius 3 is 2.55 bits per heavy atom. The summed E-state index contributed by atoms with van der Waals surface area (Å²) in [7, 11) is 0. The average molecular weight is 300 g/mol. The summed E-state index contributed by atoms with van der Waals surface area (Å²) in [6.45, 7) is 11.1. The monoisotopic (exact) mass is 299 g/mol. The van der Waals surface area contributed by atoms with Crippen molar-refractivity contribution in [2.45, 2.75) is 40.3 Å². The van der Waals surface area contributed by atoms with Gasteiger partial charge >= 0.3 is 0 Å². The Labute approximate surface area is 127 Å². The molecule has 0 aliphatic rings. The molecule has 0 aromatic heterocycles. The van der Waals surface area contributed by atoms with Crippen LogP contribution in [0.15, 0.2) is 18.2 Å². The summed E-state index contributed by atoms with van der Waals surface area (Å²) >= 11 is 6.21. The zero-order chi connectivity index (χ0) is 15.0. The summed E-state index contributed by atoms with van der Waals surface area (Å²) in [4.78, 5) is 0. The first kappa shape index (κ1) is 17.3. The van der Waals surface area contributed by atoms with E-state index in [0.29, 0.717) is 30.2 Å². The third kappa shape index (κ3) is 6.60. The lowest BCUT2D eigenvalue weighted by atomic mass is 10.2. The Bertz CT molecular complexity index is 394. The molecule has 4 heteroatoms. The predicted octanol–water partition coefficient (Wildman–Crippen LogP) is 3.89. The van der Waals surface area contributed by atoms with Crippen molar-refractivity contribution >= 4 is 11.6 Å². The molecule has 3 nitrogen and oxygen atoms in total. The fraction of sp³-hybridized carbons (Fsp3) is 0.625. The van der Waals surface area contributed by atoms with Crippen molar-refractivity contribution in [3.8, 4) is 5.75 Å². The largest absolute Gasteiger partial charge is 0.489 e. The van der Waals surface area contributed by atoms with Crippen molar-refractivity contribution in [2.75, 3.05) is 19.8 Å². The number of hydrogen-bond donors (Lipinski definition) is 1. The highest BCUT2D eigenvalue weighted by molar-refractivity contribution is 6.32. The third-order valence-corrected chi connectivity index (χ3v) is 2.97. The van der Waals surface area contributed by atoms with E-state index in [1.165, 1.54) is 0 Å². The van der Waals surface area contributed by atoms with Gasteiger partial charge < -0.3 is 14.8 Å². The van der Waals surface area contributed by atoms with Gasteiger partial charge in [0, 0.05) is 24.8 Å². The molecule has 0 bridgehead atoms. The molecule has 0 radical (unpaired) electrons. The van der Waals surface area contributed by atoms with Gasteiger partial charge in [-0.2, -0.15) is 0 Å². The van der Waals surface area contributed by atoms with E-state index in [1.54, 1.807) is 0 Å². The Hall–Kier alpha value is -0.770. The molecule has 0 amide bonds. The Balaban J connectivity index is 2.50. The Morgan fingerprint density at radius 2 is 1.90 bits per heavy atom. The molecule has 114 valence electrons. The summed E-state index contributed by atoms with van der Waals surface area (Å²) in [5, 5.41) is 4.03. The van der Waals surface area contributed by atoms with Gasteiger partial charge in [-0.25, -0.2) is 0 Å². The van der Waals surface area contributed by atoms with Crippen LogP contribution in [0.2, 0.25) is 5.02 Å². The second kappa shape index (κ2) is 9.22. The number of halogens is 1. The average Bonchev–Trinajstić information content (AvgIpc) is 2.37. The summed E-state index contributed by atoms with van der Waals surface area (Å²) in [5.74, 6) is 1.30. The molecule has 0 heterocycles. The van der Waals surface area contributed by atoms with Crippen LogP contribution in [0.4, 0.5) is 0 Å². The standard InChI is InChI=1S/C16H26ClNO2/c1-12(2)11-19-8-9-20-16-14(10-18-13(3)4)6-5-7-15(16)17/h5-7,12-13,18H,8-11H2,1-4H3. The van der Waals surface area contributed by atoms with E-state index in [0.717, 1.165) is 24.5 Å². The lowest BCUT2D eigenvalue weighted by molar-refractivity contribution is 0.0816. The predicted molar refractivity (Wildman–Crippen MR) is 84.6 cm³/mol. The van der Waals surface area contributed by atoms with E-state index < -0.39 is 0 Å². The second-order valence-electron chi connectivity index (χ2n) is 5.58. The van der Waals surface area contributed by atoms with Gasteiger partial charge in [-0.3, -0.25) is 0 Å². The molecule has 0 spiro atoms. The van der Waals surface area contributed by atoms with Crippen LogP contribution in [0, 0.1) is 5.92 Å².